The van der Waals surface area contributed by atoms with Gasteiger partial charge in [0.2, 0.25) is 17.7 Å². The zero-order valence-electron chi connectivity index (χ0n) is 23.5. The first-order chi connectivity index (χ1) is 19.1. The van der Waals surface area contributed by atoms with Gasteiger partial charge in [0.1, 0.15) is 18.1 Å². The molecule has 0 spiro atoms. The second kappa shape index (κ2) is 12.8. The molecule has 10 heteroatoms. The summed E-state index contributed by atoms with van der Waals surface area (Å²) < 4.78 is 0. The van der Waals surface area contributed by atoms with Crippen molar-refractivity contribution in [1.82, 2.24) is 20.4 Å². The molecular formula is C30H38N4O5S. The quantitative estimate of drug-likeness (QED) is 0.458. The summed E-state index contributed by atoms with van der Waals surface area (Å²) in [6, 6.07) is 8.60. The summed E-state index contributed by atoms with van der Waals surface area (Å²) >= 11 is 1.62. The molecule has 0 bridgehead atoms. The van der Waals surface area contributed by atoms with Gasteiger partial charge in [-0.05, 0) is 54.3 Å². The molecule has 2 aromatic rings. The third kappa shape index (κ3) is 6.43. The van der Waals surface area contributed by atoms with E-state index in [4.69, 9.17) is 0 Å². The fraction of sp³-hybridized carbons (Fsp3) is 0.500. The van der Waals surface area contributed by atoms with E-state index in [0.29, 0.717) is 37.8 Å². The normalized spacial score (nSPS) is 19.9. The summed E-state index contributed by atoms with van der Waals surface area (Å²) in [5, 5.41) is 7.62. The van der Waals surface area contributed by atoms with E-state index < -0.39 is 24.2 Å². The molecule has 2 N–H and O–H groups in total. The molecule has 4 atom stereocenters. The molecule has 40 heavy (non-hydrogen) atoms. The lowest BCUT2D eigenvalue weighted by Crippen LogP contribution is -2.53. The van der Waals surface area contributed by atoms with Gasteiger partial charge in [0.15, 0.2) is 5.78 Å². The molecule has 4 unspecified atom stereocenters. The van der Waals surface area contributed by atoms with Crippen LogP contribution in [0.25, 0.3) is 10.4 Å². The maximum Gasteiger partial charge on any atom is 0.251 e. The molecule has 214 valence electrons. The summed E-state index contributed by atoms with van der Waals surface area (Å²) in [4.78, 5) is 69.3. The van der Waals surface area contributed by atoms with Crippen LogP contribution >= 0.6 is 11.3 Å². The summed E-state index contributed by atoms with van der Waals surface area (Å²) in [6.07, 6.45) is 2.06. The molecule has 2 aliphatic rings. The highest BCUT2D eigenvalue weighted by molar-refractivity contribution is 7.13. The van der Waals surface area contributed by atoms with Gasteiger partial charge in [-0.3, -0.25) is 24.0 Å². The van der Waals surface area contributed by atoms with E-state index in [-0.39, 0.29) is 41.9 Å². The maximum atomic E-state index is 13.8. The number of ketones is 1. The number of thiophene rings is 1. The van der Waals surface area contributed by atoms with Gasteiger partial charge >= 0.3 is 0 Å². The van der Waals surface area contributed by atoms with Gasteiger partial charge in [-0.1, -0.05) is 45.4 Å². The zero-order chi connectivity index (χ0) is 29.0. The number of Topliss-reactive ketones (excluding diaryl/α,β-unsaturated/α-hetero) is 1. The Bertz CT molecular complexity index is 1240. The van der Waals surface area contributed by atoms with E-state index in [1.54, 1.807) is 28.4 Å². The Morgan fingerprint density at radius 3 is 2.30 bits per heavy atom. The van der Waals surface area contributed by atoms with Crippen molar-refractivity contribution in [2.75, 3.05) is 13.1 Å². The highest BCUT2D eigenvalue weighted by Gasteiger charge is 2.53. The van der Waals surface area contributed by atoms with Gasteiger partial charge in [-0.2, -0.15) is 0 Å². The Morgan fingerprint density at radius 1 is 1.00 bits per heavy atom. The molecule has 2 aliphatic heterocycles. The van der Waals surface area contributed by atoms with Gasteiger partial charge in [-0.25, -0.2) is 0 Å². The van der Waals surface area contributed by atoms with Crippen LogP contribution in [-0.2, 0) is 19.2 Å². The van der Waals surface area contributed by atoms with E-state index >= 15 is 0 Å². The van der Waals surface area contributed by atoms with E-state index in [9.17, 15) is 24.0 Å². The average molecular weight is 567 g/mol. The number of nitrogens with one attached hydrogen (secondary N) is 2. The molecule has 4 amide bonds. The molecule has 0 radical (unpaired) electrons. The van der Waals surface area contributed by atoms with Crippen molar-refractivity contribution < 1.29 is 24.0 Å². The molecule has 2 saturated heterocycles. The molecular weight excluding hydrogens is 528 g/mol. The van der Waals surface area contributed by atoms with E-state index in [0.717, 1.165) is 10.4 Å². The fourth-order valence-electron chi connectivity index (χ4n) is 5.71. The summed E-state index contributed by atoms with van der Waals surface area (Å²) in [5.41, 5.74) is 1.47. The molecule has 4 rings (SSSR count). The van der Waals surface area contributed by atoms with Crippen LogP contribution in [0.5, 0.6) is 0 Å². The van der Waals surface area contributed by atoms with E-state index in [1.165, 1.54) is 11.8 Å². The van der Waals surface area contributed by atoms with Crippen molar-refractivity contribution in [3.05, 3.63) is 47.3 Å². The lowest BCUT2D eigenvalue weighted by molar-refractivity contribution is -0.138. The highest BCUT2D eigenvalue weighted by atomic mass is 32.1. The lowest BCUT2D eigenvalue weighted by atomic mass is 10.0. The van der Waals surface area contributed by atoms with Crippen LogP contribution in [-0.4, -0.2) is 76.5 Å². The van der Waals surface area contributed by atoms with Gasteiger partial charge < -0.3 is 20.4 Å². The number of likely N-dealkylation sites (tertiary alicyclic amines) is 2. The number of carbonyl (C=O) groups excluding carboxylic acids is 5. The van der Waals surface area contributed by atoms with Gasteiger partial charge in [0, 0.05) is 23.9 Å². The third-order valence-electron chi connectivity index (χ3n) is 7.50. The molecule has 0 saturated carbocycles. The number of carbonyl (C=O) groups is 5. The number of benzene rings is 1. The Kier molecular flexibility index (Phi) is 9.40. The van der Waals surface area contributed by atoms with E-state index in [2.05, 4.69) is 10.6 Å². The minimum absolute atomic E-state index is 0.0878. The van der Waals surface area contributed by atoms with Crippen molar-refractivity contribution >= 4 is 40.7 Å². The molecule has 1 aromatic heterocycles. The minimum atomic E-state index is -0.798. The molecule has 0 aliphatic carbocycles. The first-order valence-corrected chi connectivity index (χ1v) is 14.8. The predicted molar refractivity (Wildman–Crippen MR) is 154 cm³/mol. The number of rotatable bonds is 10. The lowest BCUT2D eigenvalue weighted by Gasteiger charge is -2.30. The van der Waals surface area contributed by atoms with E-state index in [1.807, 2.05) is 50.4 Å². The fourth-order valence-corrected chi connectivity index (χ4v) is 6.45. The van der Waals surface area contributed by atoms with Crippen LogP contribution in [0.1, 0.15) is 63.7 Å². The SMILES string of the molecule is CCCC(NC(C)=O)C(=O)N1CC(=O)C2C1CCN2C(=O)C(CC(C)C)NC(=O)c1ccc(-c2cccs2)cc1. The van der Waals surface area contributed by atoms with Crippen molar-refractivity contribution in [2.45, 2.75) is 77.5 Å². The second-order valence-corrected chi connectivity index (χ2v) is 12.0. The van der Waals surface area contributed by atoms with Crippen LogP contribution in [0.15, 0.2) is 41.8 Å². The van der Waals surface area contributed by atoms with Crippen LogP contribution < -0.4 is 10.6 Å². The number of hydrogen-bond donors (Lipinski definition) is 2. The van der Waals surface area contributed by atoms with Gasteiger partial charge in [0.05, 0.1) is 12.6 Å². The minimum Gasteiger partial charge on any atom is -0.345 e. The molecule has 9 nitrogen and oxygen atoms in total. The smallest absolute Gasteiger partial charge is 0.251 e. The zero-order valence-corrected chi connectivity index (χ0v) is 24.3. The van der Waals surface area contributed by atoms with Crippen LogP contribution in [0, 0.1) is 5.92 Å². The van der Waals surface area contributed by atoms with Crippen molar-refractivity contribution in [1.29, 1.82) is 0 Å². The maximum absolute atomic E-state index is 13.8. The summed E-state index contributed by atoms with van der Waals surface area (Å²) in [7, 11) is 0. The monoisotopic (exact) mass is 566 g/mol. The number of nitrogens with zero attached hydrogens (tertiary/aromatic N) is 2. The molecule has 1 aromatic carbocycles. The first kappa shape index (κ1) is 29.5. The van der Waals surface area contributed by atoms with Gasteiger partial charge in [0.25, 0.3) is 5.91 Å². The Hall–Kier alpha value is -3.53. The van der Waals surface area contributed by atoms with Crippen molar-refractivity contribution in [3.8, 4) is 10.4 Å². The second-order valence-electron chi connectivity index (χ2n) is 11.0. The largest absolute Gasteiger partial charge is 0.345 e. The van der Waals surface area contributed by atoms with Crippen LogP contribution in [0.2, 0.25) is 0 Å². The third-order valence-corrected chi connectivity index (χ3v) is 8.42. The summed E-state index contributed by atoms with van der Waals surface area (Å²) in [5.74, 6) is -1.31. The molecule has 3 heterocycles. The Balaban J connectivity index is 1.47. The average Bonchev–Trinajstić information content (AvgIpc) is 3.66. The predicted octanol–water partition coefficient (Wildman–Crippen LogP) is 3.25. The van der Waals surface area contributed by atoms with Crippen LogP contribution in [0.4, 0.5) is 0 Å². The van der Waals surface area contributed by atoms with Crippen molar-refractivity contribution in [2.24, 2.45) is 5.92 Å². The first-order valence-electron chi connectivity index (χ1n) is 14.0. The number of amides is 4. The summed E-state index contributed by atoms with van der Waals surface area (Å²) in [6.45, 7) is 7.48. The molecule has 2 fully saturated rings. The standard InChI is InChI=1S/C30H38N4O5S/c1-5-7-22(31-19(4)35)29(38)34-17-25(36)27-24(34)13-14-33(27)30(39)23(16-18(2)3)32-28(37)21-11-9-20(10-12-21)26-8-6-15-40-26/h6,8-12,15,18,22-24,27H,5,7,13-14,16-17H2,1-4H3,(H,31,35)(H,32,37). The van der Waals surface area contributed by atoms with Crippen molar-refractivity contribution in [3.63, 3.8) is 0 Å². The van der Waals surface area contributed by atoms with Gasteiger partial charge in [-0.15, -0.1) is 11.3 Å². The topological polar surface area (TPSA) is 116 Å². The number of hydrogen-bond acceptors (Lipinski definition) is 6. The number of fused-ring (bicyclic) bond motifs is 1. The van der Waals surface area contributed by atoms with Crippen LogP contribution in [0.3, 0.4) is 0 Å². The Labute approximate surface area is 239 Å². The highest BCUT2D eigenvalue weighted by Crippen LogP contribution is 2.32. The Morgan fingerprint density at radius 2 is 1.70 bits per heavy atom.